The van der Waals surface area contributed by atoms with Gasteiger partial charge in [0.25, 0.3) is 0 Å². The molecule has 3 rings (SSSR count). The van der Waals surface area contributed by atoms with E-state index in [1.54, 1.807) is 0 Å². The van der Waals surface area contributed by atoms with E-state index in [4.69, 9.17) is 0 Å². The van der Waals surface area contributed by atoms with E-state index in [9.17, 15) is 0 Å². The van der Waals surface area contributed by atoms with Gasteiger partial charge in [-0.2, -0.15) is 0 Å². The zero-order valence-electron chi connectivity index (χ0n) is 11.7. The van der Waals surface area contributed by atoms with Gasteiger partial charge in [-0.3, -0.25) is 0 Å². The van der Waals surface area contributed by atoms with Gasteiger partial charge in [0.2, 0.25) is 0 Å². The van der Waals surface area contributed by atoms with Crippen LogP contribution in [0.1, 0.15) is 0 Å². The van der Waals surface area contributed by atoms with Crippen LogP contribution in [-0.2, 0) is 0 Å². The molecule has 0 amide bonds. The molecule has 0 fully saturated rings. The minimum absolute atomic E-state index is 1.09. The lowest BCUT2D eigenvalue weighted by Crippen LogP contribution is -2.08. The fraction of sp³-hybridized carbons (Fsp3) is 0.0526. The zero-order valence-corrected chi connectivity index (χ0v) is 11.7. The van der Waals surface area contributed by atoms with Crippen LogP contribution in [0, 0.1) is 0 Å². The van der Waals surface area contributed by atoms with Crippen molar-refractivity contribution in [2.75, 3.05) is 0 Å². The molecule has 0 saturated heterocycles. The largest absolute Gasteiger partial charge is 0.154 e. The summed E-state index contributed by atoms with van der Waals surface area (Å²) in [6, 6.07) is 28.1. The molecule has 0 radical (unpaired) electrons. The summed E-state index contributed by atoms with van der Waals surface area (Å²) >= 11 is 0. The molecule has 0 heterocycles. The summed E-state index contributed by atoms with van der Waals surface area (Å²) < 4.78 is 0. The van der Waals surface area contributed by atoms with Crippen LogP contribution in [0.5, 0.6) is 0 Å². The molecule has 0 atom stereocenters. The molecular formula is C19H17B. The van der Waals surface area contributed by atoms with Gasteiger partial charge < -0.3 is 0 Å². The lowest BCUT2D eigenvalue weighted by atomic mass is 9.73. The summed E-state index contributed by atoms with van der Waals surface area (Å²) in [6.07, 6.45) is 0. The van der Waals surface area contributed by atoms with Crippen molar-refractivity contribution in [1.29, 1.82) is 0 Å². The van der Waals surface area contributed by atoms with Crippen LogP contribution < -0.4 is 5.46 Å². The summed E-state index contributed by atoms with van der Waals surface area (Å²) in [5, 5.41) is 0. The Balaban J connectivity index is 1.98. The molecule has 0 aliphatic rings. The van der Waals surface area contributed by atoms with E-state index in [0.717, 1.165) is 7.28 Å². The third-order valence-corrected chi connectivity index (χ3v) is 3.67. The van der Waals surface area contributed by atoms with E-state index in [-0.39, 0.29) is 0 Å². The molecule has 0 saturated carbocycles. The first kappa shape index (κ1) is 12.7. The summed E-state index contributed by atoms with van der Waals surface area (Å²) in [5.74, 6) is 0. The standard InChI is InChI=1S/C19H17B/c1-20-19-12-10-16(11-13-19)18-9-5-8-17(14-18)15-6-3-2-4-7-15/h2-14,20H,1H3. The number of rotatable bonds is 3. The third-order valence-electron chi connectivity index (χ3n) is 3.67. The quantitative estimate of drug-likeness (QED) is 0.618. The molecule has 3 aromatic carbocycles. The van der Waals surface area contributed by atoms with Crippen LogP contribution in [0.2, 0.25) is 6.82 Å². The molecule has 3 aromatic rings. The normalized spacial score (nSPS) is 10.2. The van der Waals surface area contributed by atoms with Crippen LogP contribution in [0.3, 0.4) is 0 Å². The Morgan fingerprint density at radius 3 is 1.70 bits per heavy atom. The first-order valence-electron chi connectivity index (χ1n) is 7.11. The average molecular weight is 256 g/mol. The molecule has 0 N–H and O–H groups in total. The molecule has 1 heteroatoms. The van der Waals surface area contributed by atoms with Crippen molar-refractivity contribution in [3.05, 3.63) is 78.9 Å². The van der Waals surface area contributed by atoms with Gasteiger partial charge in [-0.1, -0.05) is 85.1 Å². The Hall–Kier alpha value is -2.28. The predicted molar refractivity (Wildman–Crippen MR) is 90.0 cm³/mol. The van der Waals surface area contributed by atoms with Gasteiger partial charge in [-0.05, 0) is 28.3 Å². The lowest BCUT2D eigenvalue weighted by Gasteiger charge is -2.07. The van der Waals surface area contributed by atoms with Gasteiger partial charge in [-0.25, -0.2) is 0 Å². The molecule has 0 aliphatic carbocycles. The minimum atomic E-state index is 1.09. The fourth-order valence-corrected chi connectivity index (χ4v) is 2.44. The number of benzene rings is 3. The average Bonchev–Trinajstić information content (AvgIpc) is 2.56. The van der Waals surface area contributed by atoms with Gasteiger partial charge in [0.05, 0.1) is 0 Å². The van der Waals surface area contributed by atoms with Crippen LogP contribution in [0.15, 0.2) is 78.9 Å². The van der Waals surface area contributed by atoms with Crippen molar-refractivity contribution in [1.82, 2.24) is 0 Å². The van der Waals surface area contributed by atoms with E-state index < -0.39 is 0 Å². The molecule has 0 spiro atoms. The lowest BCUT2D eigenvalue weighted by molar-refractivity contribution is 1.59. The van der Waals surface area contributed by atoms with E-state index >= 15 is 0 Å². The highest BCUT2D eigenvalue weighted by Gasteiger charge is 2.01. The van der Waals surface area contributed by atoms with Crippen LogP contribution in [0.4, 0.5) is 0 Å². The van der Waals surface area contributed by atoms with Crippen molar-refractivity contribution in [3.63, 3.8) is 0 Å². The highest BCUT2D eigenvalue weighted by atomic mass is 14.0. The zero-order chi connectivity index (χ0) is 13.8. The Kier molecular flexibility index (Phi) is 3.69. The van der Waals surface area contributed by atoms with Gasteiger partial charge in [0.15, 0.2) is 7.28 Å². The van der Waals surface area contributed by atoms with Crippen LogP contribution in [0.25, 0.3) is 22.3 Å². The number of hydrogen-bond donors (Lipinski definition) is 0. The second-order valence-corrected chi connectivity index (χ2v) is 5.00. The van der Waals surface area contributed by atoms with Crippen LogP contribution in [-0.4, -0.2) is 7.28 Å². The van der Waals surface area contributed by atoms with Gasteiger partial charge in [0.1, 0.15) is 0 Å². The summed E-state index contributed by atoms with van der Waals surface area (Å²) in [4.78, 5) is 0. The Morgan fingerprint density at radius 1 is 0.550 bits per heavy atom. The summed E-state index contributed by atoms with van der Waals surface area (Å²) in [6.45, 7) is 2.19. The molecule has 20 heavy (non-hydrogen) atoms. The molecule has 0 unspecified atom stereocenters. The minimum Gasteiger partial charge on any atom is -0.0849 e. The van der Waals surface area contributed by atoms with E-state index in [2.05, 4.69) is 85.7 Å². The second-order valence-electron chi connectivity index (χ2n) is 5.00. The van der Waals surface area contributed by atoms with E-state index in [1.807, 2.05) is 0 Å². The summed E-state index contributed by atoms with van der Waals surface area (Å²) in [7, 11) is 1.09. The maximum Gasteiger partial charge on any atom is 0.154 e. The van der Waals surface area contributed by atoms with Gasteiger partial charge >= 0.3 is 0 Å². The topological polar surface area (TPSA) is 0 Å². The Labute approximate surface area is 121 Å². The van der Waals surface area contributed by atoms with Crippen molar-refractivity contribution in [2.24, 2.45) is 0 Å². The van der Waals surface area contributed by atoms with E-state index in [1.165, 1.54) is 27.7 Å². The molecule has 0 aliphatic heterocycles. The van der Waals surface area contributed by atoms with E-state index in [0.29, 0.717) is 0 Å². The first-order valence-corrected chi connectivity index (χ1v) is 7.11. The Bertz CT molecular complexity index is 684. The fourth-order valence-electron chi connectivity index (χ4n) is 2.44. The Morgan fingerprint density at radius 2 is 1.10 bits per heavy atom. The molecule has 96 valence electrons. The third kappa shape index (κ3) is 2.67. The van der Waals surface area contributed by atoms with Gasteiger partial charge in [-0.15, -0.1) is 0 Å². The van der Waals surface area contributed by atoms with Crippen LogP contribution >= 0.6 is 0 Å². The molecule has 0 nitrogen and oxygen atoms in total. The highest BCUT2D eigenvalue weighted by molar-refractivity contribution is 6.51. The monoisotopic (exact) mass is 256 g/mol. The predicted octanol–water partition coefficient (Wildman–Crippen LogP) is 4.13. The van der Waals surface area contributed by atoms with Crippen molar-refractivity contribution >= 4 is 12.7 Å². The molecule has 0 aromatic heterocycles. The smallest absolute Gasteiger partial charge is 0.0849 e. The SMILES string of the molecule is CBc1ccc(-c2cccc(-c3ccccc3)c2)cc1. The molecular weight excluding hydrogens is 239 g/mol. The maximum atomic E-state index is 2.26. The highest BCUT2D eigenvalue weighted by Crippen LogP contribution is 2.25. The first-order chi connectivity index (χ1) is 9.86. The summed E-state index contributed by atoms with van der Waals surface area (Å²) in [5.41, 5.74) is 6.46. The number of hydrogen-bond acceptors (Lipinski definition) is 0. The maximum absolute atomic E-state index is 2.26. The van der Waals surface area contributed by atoms with Crippen molar-refractivity contribution < 1.29 is 0 Å². The van der Waals surface area contributed by atoms with Crippen molar-refractivity contribution in [3.8, 4) is 22.3 Å². The second kappa shape index (κ2) is 5.79. The van der Waals surface area contributed by atoms with Gasteiger partial charge in [0, 0.05) is 0 Å². The van der Waals surface area contributed by atoms with Crippen molar-refractivity contribution in [2.45, 2.75) is 6.82 Å². The molecule has 0 bridgehead atoms.